The van der Waals surface area contributed by atoms with Gasteiger partial charge in [0.15, 0.2) is 0 Å². The van der Waals surface area contributed by atoms with Crippen LogP contribution in [0.15, 0.2) is 71.7 Å². The van der Waals surface area contributed by atoms with Crippen LogP contribution in [0, 0.1) is 0 Å². The molecule has 0 radical (unpaired) electrons. The zero-order valence-corrected chi connectivity index (χ0v) is 12.1. The van der Waals surface area contributed by atoms with E-state index in [9.17, 15) is 0 Å². The smallest absolute Gasteiger partial charge is 0.139 e. The zero-order chi connectivity index (χ0) is 15.2. The molecule has 0 aliphatic carbocycles. The second-order valence-electron chi connectivity index (χ2n) is 5.42. The molecule has 0 N–H and O–H groups in total. The summed E-state index contributed by atoms with van der Waals surface area (Å²) in [5.74, 6) is 0. The Bertz CT molecular complexity index is 1170. The Hall–Kier alpha value is -3.27. The molecule has 0 aliphatic heterocycles. The molecule has 0 aliphatic rings. The fourth-order valence-electron chi connectivity index (χ4n) is 2.97. The second kappa shape index (κ2) is 4.61. The predicted molar refractivity (Wildman–Crippen MR) is 90.0 cm³/mol. The Morgan fingerprint density at radius 3 is 2.65 bits per heavy atom. The number of aromatic nitrogens is 3. The molecule has 4 nitrogen and oxygen atoms in total. The van der Waals surface area contributed by atoms with Crippen molar-refractivity contribution in [3.8, 4) is 11.4 Å². The fraction of sp³-hybridized carbons (Fsp3) is 0. The van der Waals surface area contributed by atoms with E-state index in [1.807, 2.05) is 42.7 Å². The topological polar surface area (TPSA) is 51.8 Å². The van der Waals surface area contributed by atoms with Gasteiger partial charge < -0.3 is 4.42 Å². The van der Waals surface area contributed by atoms with Gasteiger partial charge in [0.25, 0.3) is 0 Å². The summed E-state index contributed by atoms with van der Waals surface area (Å²) >= 11 is 0. The van der Waals surface area contributed by atoms with Crippen LogP contribution in [-0.4, -0.2) is 15.0 Å². The van der Waals surface area contributed by atoms with Gasteiger partial charge in [-0.3, -0.25) is 15.0 Å². The van der Waals surface area contributed by atoms with Gasteiger partial charge in [-0.15, -0.1) is 0 Å². The number of benzene rings is 1. The summed E-state index contributed by atoms with van der Waals surface area (Å²) in [6, 6.07) is 14.0. The van der Waals surface area contributed by atoms with Crippen LogP contribution >= 0.6 is 0 Å². The van der Waals surface area contributed by atoms with Crippen molar-refractivity contribution < 1.29 is 4.42 Å². The molecule has 4 heterocycles. The Balaban J connectivity index is 1.81. The van der Waals surface area contributed by atoms with Crippen molar-refractivity contribution >= 4 is 32.7 Å². The number of furan rings is 1. The Kier molecular flexibility index (Phi) is 2.46. The van der Waals surface area contributed by atoms with Crippen molar-refractivity contribution in [1.29, 1.82) is 0 Å². The van der Waals surface area contributed by atoms with Crippen LogP contribution in [0.5, 0.6) is 0 Å². The summed E-state index contributed by atoms with van der Waals surface area (Å²) < 4.78 is 5.92. The van der Waals surface area contributed by atoms with E-state index in [1.54, 1.807) is 12.4 Å². The van der Waals surface area contributed by atoms with Gasteiger partial charge in [0.05, 0.1) is 11.4 Å². The summed E-state index contributed by atoms with van der Waals surface area (Å²) in [5, 5.41) is 4.18. The van der Waals surface area contributed by atoms with E-state index in [0.29, 0.717) is 0 Å². The number of pyridine rings is 3. The maximum Gasteiger partial charge on any atom is 0.139 e. The maximum atomic E-state index is 5.92. The minimum absolute atomic E-state index is 0.799. The molecule has 5 rings (SSSR count). The van der Waals surface area contributed by atoms with E-state index >= 15 is 0 Å². The molecule has 5 aromatic rings. The molecule has 0 atom stereocenters. The van der Waals surface area contributed by atoms with Crippen molar-refractivity contribution in [2.45, 2.75) is 0 Å². The van der Waals surface area contributed by atoms with Gasteiger partial charge in [-0.1, -0.05) is 24.3 Å². The van der Waals surface area contributed by atoms with Crippen molar-refractivity contribution in [3.63, 3.8) is 0 Å². The highest BCUT2D eigenvalue weighted by atomic mass is 16.3. The highest BCUT2D eigenvalue weighted by molar-refractivity contribution is 6.05. The average Bonchev–Trinajstić information content (AvgIpc) is 2.99. The summed E-state index contributed by atoms with van der Waals surface area (Å²) in [4.78, 5) is 13.3. The third-order valence-electron chi connectivity index (χ3n) is 4.07. The van der Waals surface area contributed by atoms with E-state index in [1.165, 1.54) is 0 Å². The highest BCUT2D eigenvalue weighted by Crippen LogP contribution is 2.31. The van der Waals surface area contributed by atoms with Gasteiger partial charge in [-0.2, -0.15) is 0 Å². The van der Waals surface area contributed by atoms with E-state index in [0.717, 1.165) is 44.1 Å². The monoisotopic (exact) mass is 297 g/mol. The number of hydrogen-bond donors (Lipinski definition) is 0. The standard InChI is InChI=1S/C19H11N3O/c1-2-4-13-12(3-1)5-8-21-19(13)16-9-18-15(11-22-16)14-10-20-7-6-17(14)23-18/h1-11H. The Morgan fingerprint density at radius 2 is 1.65 bits per heavy atom. The maximum absolute atomic E-state index is 5.92. The highest BCUT2D eigenvalue weighted by Gasteiger charge is 2.11. The lowest BCUT2D eigenvalue weighted by molar-refractivity contribution is 0.668. The van der Waals surface area contributed by atoms with Gasteiger partial charge in [0, 0.05) is 47.0 Å². The molecule has 0 bridgehead atoms. The summed E-state index contributed by atoms with van der Waals surface area (Å²) in [5.41, 5.74) is 3.29. The molecule has 0 fully saturated rings. The quantitative estimate of drug-likeness (QED) is 0.454. The van der Waals surface area contributed by atoms with Crippen molar-refractivity contribution in [2.24, 2.45) is 0 Å². The molecular weight excluding hydrogens is 286 g/mol. The molecule has 0 saturated carbocycles. The second-order valence-corrected chi connectivity index (χ2v) is 5.42. The first-order chi connectivity index (χ1) is 11.4. The Labute approximate surface area is 131 Å². The lowest BCUT2D eigenvalue weighted by Gasteiger charge is -2.04. The fourth-order valence-corrected chi connectivity index (χ4v) is 2.97. The van der Waals surface area contributed by atoms with Crippen molar-refractivity contribution in [3.05, 3.63) is 67.3 Å². The van der Waals surface area contributed by atoms with Crippen LogP contribution in [-0.2, 0) is 0 Å². The van der Waals surface area contributed by atoms with E-state index in [2.05, 4.69) is 27.1 Å². The van der Waals surface area contributed by atoms with Crippen LogP contribution in [0.2, 0.25) is 0 Å². The lowest BCUT2D eigenvalue weighted by Crippen LogP contribution is -1.88. The molecule has 0 amide bonds. The average molecular weight is 297 g/mol. The summed E-state index contributed by atoms with van der Waals surface area (Å²) in [7, 11) is 0. The number of nitrogens with zero attached hydrogens (tertiary/aromatic N) is 3. The Morgan fingerprint density at radius 1 is 0.739 bits per heavy atom. The van der Waals surface area contributed by atoms with Crippen molar-refractivity contribution in [2.75, 3.05) is 0 Å². The molecule has 0 unspecified atom stereocenters. The number of hydrogen-bond acceptors (Lipinski definition) is 4. The molecule has 4 aromatic heterocycles. The van der Waals surface area contributed by atoms with E-state index in [-0.39, 0.29) is 0 Å². The van der Waals surface area contributed by atoms with Crippen LogP contribution < -0.4 is 0 Å². The SMILES string of the molecule is c1ccc2c(-c3cc4oc5ccncc5c4cn3)nccc2c1. The van der Waals surface area contributed by atoms with E-state index in [4.69, 9.17) is 4.42 Å². The summed E-state index contributed by atoms with van der Waals surface area (Å²) in [6.45, 7) is 0. The van der Waals surface area contributed by atoms with Crippen LogP contribution in [0.1, 0.15) is 0 Å². The molecule has 0 spiro atoms. The lowest BCUT2D eigenvalue weighted by atomic mass is 10.1. The molecule has 108 valence electrons. The zero-order valence-electron chi connectivity index (χ0n) is 12.1. The first-order valence-corrected chi connectivity index (χ1v) is 7.36. The number of rotatable bonds is 1. The van der Waals surface area contributed by atoms with Crippen LogP contribution in [0.25, 0.3) is 44.1 Å². The molecule has 4 heteroatoms. The van der Waals surface area contributed by atoms with Gasteiger partial charge in [-0.05, 0) is 17.5 Å². The largest absolute Gasteiger partial charge is 0.456 e. The molecule has 1 aromatic carbocycles. The third kappa shape index (κ3) is 1.82. The van der Waals surface area contributed by atoms with Gasteiger partial charge in [0.2, 0.25) is 0 Å². The van der Waals surface area contributed by atoms with Crippen molar-refractivity contribution in [1.82, 2.24) is 15.0 Å². The summed E-state index contributed by atoms with van der Waals surface area (Å²) in [6.07, 6.45) is 7.18. The normalized spacial score (nSPS) is 11.5. The molecular formula is C19H11N3O. The van der Waals surface area contributed by atoms with Gasteiger partial charge >= 0.3 is 0 Å². The van der Waals surface area contributed by atoms with E-state index < -0.39 is 0 Å². The number of fused-ring (bicyclic) bond motifs is 4. The first-order valence-electron chi connectivity index (χ1n) is 7.36. The van der Waals surface area contributed by atoms with Crippen LogP contribution in [0.4, 0.5) is 0 Å². The third-order valence-corrected chi connectivity index (χ3v) is 4.07. The predicted octanol–water partition coefficient (Wildman–Crippen LogP) is 4.59. The minimum atomic E-state index is 0.799. The first kappa shape index (κ1) is 12.3. The molecule has 0 saturated heterocycles. The van der Waals surface area contributed by atoms with Gasteiger partial charge in [0.1, 0.15) is 11.2 Å². The van der Waals surface area contributed by atoms with Crippen LogP contribution in [0.3, 0.4) is 0 Å². The molecule has 23 heavy (non-hydrogen) atoms. The minimum Gasteiger partial charge on any atom is -0.456 e. The van der Waals surface area contributed by atoms with Gasteiger partial charge in [-0.25, -0.2) is 0 Å².